The highest BCUT2D eigenvalue weighted by Gasteiger charge is 2.08. The standard InChI is InChI=1S/C13H20O2/c1-5-11(4)14-15-13-9-7-6-8-12(13)10(2)3/h6-11H,5H2,1-4H3. The minimum atomic E-state index is 0.130. The summed E-state index contributed by atoms with van der Waals surface area (Å²) in [6.45, 7) is 8.36. The number of hydrogen-bond acceptors (Lipinski definition) is 2. The SMILES string of the molecule is CCC(C)OOc1ccccc1C(C)C. The van der Waals surface area contributed by atoms with E-state index in [2.05, 4.69) is 26.8 Å². The Balaban J connectivity index is 2.67. The van der Waals surface area contributed by atoms with E-state index in [1.54, 1.807) is 0 Å². The molecule has 1 aromatic rings. The Bertz CT molecular complexity index is 294. The van der Waals surface area contributed by atoms with Gasteiger partial charge in [-0.3, -0.25) is 0 Å². The van der Waals surface area contributed by atoms with E-state index in [-0.39, 0.29) is 6.10 Å². The molecule has 1 rings (SSSR count). The van der Waals surface area contributed by atoms with Gasteiger partial charge < -0.3 is 4.89 Å². The van der Waals surface area contributed by atoms with Crippen molar-refractivity contribution in [1.29, 1.82) is 0 Å². The van der Waals surface area contributed by atoms with Crippen LogP contribution >= 0.6 is 0 Å². The van der Waals surface area contributed by atoms with Crippen LogP contribution < -0.4 is 4.89 Å². The largest absolute Gasteiger partial charge is 0.337 e. The maximum Gasteiger partial charge on any atom is 0.168 e. The first-order chi connectivity index (χ1) is 7.15. The average Bonchev–Trinajstić information content (AvgIpc) is 2.26. The molecule has 0 N–H and O–H groups in total. The first-order valence-electron chi connectivity index (χ1n) is 5.57. The summed E-state index contributed by atoms with van der Waals surface area (Å²) in [6, 6.07) is 7.99. The zero-order chi connectivity index (χ0) is 11.3. The number of benzene rings is 1. The summed E-state index contributed by atoms with van der Waals surface area (Å²) in [5.74, 6) is 1.27. The second-order valence-electron chi connectivity index (χ2n) is 4.09. The first-order valence-corrected chi connectivity index (χ1v) is 5.57. The molecule has 0 saturated carbocycles. The van der Waals surface area contributed by atoms with Crippen LogP contribution in [0.2, 0.25) is 0 Å². The minimum absolute atomic E-state index is 0.130. The predicted molar refractivity (Wildman–Crippen MR) is 62.0 cm³/mol. The molecule has 0 heterocycles. The first kappa shape index (κ1) is 12.1. The zero-order valence-corrected chi connectivity index (χ0v) is 9.99. The van der Waals surface area contributed by atoms with Crippen LogP contribution in [0.3, 0.4) is 0 Å². The second-order valence-corrected chi connectivity index (χ2v) is 4.09. The van der Waals surface area contributed by atoms with Crippen molar-refractivity contribution >= 4 is 0 Å². The lowest BCUT2D eigenvalue weighted by atomic mass is 10.0. The van der Waals surface area contributed by atoms with Gasteiger partial charge in [0.2, 0.25) is 0 Å². The van der Waals surface area contributed by atoms with Crippen LogP contribution in [0.15, 0.2) is 24.3 Å². The van der Waals surface area contributed by atoms with Crippen LogP contribution in [0.25, 0.3) is 0 Å². The van der Waals surface area contributed by atoms with E-state index in [1.165, 1.54) is 5.56 Å². The molecular weight excluding hydrogens is 188 g/mol. The van der Waals surface area contributed by atoms with E-state index in [9.17, 15) is 0 Å². The highest BCUT2D eigenvalue weighted by Crippen LogP contribution is 2.26. The summed E-state index contributed by atoms with van der Waals surface area (Å²) in [6.07, 6.45) is 1.08. The van der Waals surface area contributed by atoms with E-state index in [0.29, 0.717) is 5.92 Å². The second kappa shape index (κ2) is 5.76. The molecular formula is C13H20O2. The topological polar surface area (TPSA) is 18.5 Å². The molecule has 84 valence electrons. The molecule has 0 aliphatic heterocycles. The molecule has 2 nitrogen and oxygen atoms in total. The van der Waals surface area contributed by atoms with Gasteiger partial charge in [0.1, 0.15) is 6.10 Å². The van der Waals surface area contributed by atoms with Crippen molar-refractivity contribution in [1.82, 2.24) is 0 Å². The Morgan fingerprint density at radius 1 is 1.13 bits per heavy atom. The molecule has 0 aliphatic carbocycles. The van der Waals surface area contributed by atoms with Crippen molar-refractivity contribution in [2.45, 2.75) is 46.1 Å². The van der Waals surface area contributed by atoms with Crippen molar-refractivity contribution in [3.63, 3.8) is 0 Å². The fraction of sp³-hybridized carbons (Fsp3) is 0.538. The predicted octanol–water partition coefficient (Wildman–Crippen LogP) is 3.92. The highest BCUT2D eigenvalue weighted by atomic mass is 17.2. The van der Waals surface area contributed by atoms with Gasteiger partial charge in [0.15, 0.2) is 5.75 Å². The molecule has 0 spiro atoms. The molecule has 2 heteroatoms. The summed E-state index contributed by atoms with van der Waals surface area (Å²) < 4.78 is 0. The van der Waals surface area contributed by atoms with Gasteiger partial charge >= 0.3 is 0 Å². The van der Waals surface area contributed by atoms with Crippen LogP contribution in [0.4, 0.5) is 0 Å². The summed E-state index contributed by atoms with van der Waals surface area (Å²) in [7, 11) is 0. The summed E-state index contributed by atoms with van der Waals surface area (Å²) in [5.41, 5.74) is 1.18. The van der Waals surface area contributed by atoms with Gasteiger partial charge in [-0.05, 0) is 25.3 Å². The Hall–Kier alpha value is -1.02. The molecule has 1 aromatic carbocycles. The Kier molecular flexibility index (Phi) is 4.63. The third-order valence-electron chi connectivity index (χ3n) is 2.42. The lowest BCUT2D eigenvalue weighted by Crippen LogP contribution is -2.10. The van der Waals surface area contributed by atoms with E-state index >= 15 is 0 Å². The van der Waals surface area contributed by atoms with Gasteiger partial charge in [-0.2, -0.15) is 4.89 Å². The van der Waals surface area contributed by atoms with Gasteiger partial charge in [-0.25, -0.2) is 0 Å². The van der Waals surface area contributed by atoms with Crippen LogP contribution in [0.5, 0.6) is 5.75 Å². The molecule has 0 aliphatic rings. The minimum Gasteiger partial charge on any atom is -0.337 e. The number of rotatable bonds is 5. The normalized spacial score (nSPS) is 12.9. The van der Waals surface area contributed by atoms with Crippen LogP contribution in [-0.2, 0) is 4.89 Å². The maximum absolute atomic E-state index is 5.35. The van der Waals surface area contributed by atoms with E-state index in [1.807, 2.05) is 25.1 Å². The molecule has 0 saturated heterocycles. The number of hydrogen-bond donors (Lipinski definition) is 0. The molecule has 0 aromatic heterocycles. The summed E-state index contributed by atoms with van der Waals surface area (Å²) in [5, 5.41) is 0. The van der Waals surface area contributed by atoms with E-state index in [0.717, 1.165) is 12.2 Å². The fourth-order valence-corrected chi connectivity index (χ4v) is 1.24. The van der Waals surface area contributed by atoms with Gasteiger partial charge in [-0.15, -0.1) is 0 Å². The van der Waals surface area contributed by atoms with Gasteiger partial charge in [0.05, 0.1) is 0 Å². The van der Waals surface area contributed by atoms with E-state index in [4.69, 9.17) is 9.78 Å². The molecule has 15 heavy (non-hydrogen) atoms. The average molecular weight is 208 g/mol. The molecule has 0 fully saturated rings. The summed E-state index contributed by atoms with van der Waals surface area (Å²) in [4.78, 5) is 10.6. The maximum atomic E-state index is 5.35. The van der Waals surface area contributed by atoms with Gasteiger partial charge in [-0.1, -0.05) is 39.0 Å². The molecule has 1 unspecified atom stereocenters. The Labute approximate surface area is 92.1 Å². The number of para-hydroxylation sites is 1. The lowest BCUT2D eigenvalue weighted by molar-refractivity contribution is -0.240. The zero-order valence-electron chi connectivity index (χ0n) is 9.99. The molecule has 0 bridgehead atoms. The monoisotopic (exact) mass is 208 g/mol. The van der Waals surface area contributed by atoms with Crippen LogP contribution in [-0.4, -0.2) is 6.10 Å². The van der Waals surface area contributed by atoms with Crippen molar-refractivity contribution < 1.29 is 9.78 Å². The highest BCUT2D eigenvalue weighted by molar-refractivity contribution is 5.35. The summed E-state index contributed by atoms with van der Waals surface area (Å²) >= 11 is 0. The Morgan fingerprint density at radius 3 is 2.40 bits per heavy atom. The Morgan fingerprint density at radius 2 is 1.80 bits per heavy atom. The smallest absolute Gasteiger partial charge is 0.168 e. The third-order valence-corrected chi connectivity index (χ3v) is 2.42. The van der Waals surface area contributed by atoms with Gasteiger partial charge in [0.25, 0.3) is 0 Å². The molecule has 1 atom stereocenters. The van der Waals surface area contributed by atoms with Crippen LogP contribution in [0.1, 0.15) is 45.6 Å². The van der Waals surface area contributed by atoms with Crippen molar-refractivity contribution in [3.05, 3.63) is 29.8 Å². The van der Waals surface area contributed by atoms with Gasteiger partial charge in [0, 0.05) is 5.56 Å². The lowest BCUT2D eigenvalue weighted by Gasteiger charge is -2.14. The van der Waals surface area contributed by atoms with Crippen molar-refractivity contribution in [2.75, 3.05) is 0 Å². The molecule has 0 amide bonds. The van der Waals surface area contributed by atoms with Crippen molar-refractivity contribution in [2.24, 2.45) is 0 Å². The van der Waals surface area contributed by atoms with Crippen molar-refractivity contribution in [3.8, 4) is 5.75 Å². The quantitative estimate of drug-likeness (QED) is 0.539. The van der Waals surface area contributed by atoms with E-state index < -0.39 is 0 Å². The third kappa shape index (κ3) is 3.56. The van der Waals surface area contributed by atoms with Crippen LogP contribution in [0, 0.1) is 0 Å². The molecule has 0 radical (unpaired) electrons. The fourth-order valence-electron chi connectivity index (χ4n) is 1.24.